The molecule has 0 aromatic heterocycles. The number of hydrogen-bond acceptors (Lipinski definition) is 1. The Morgan fingerprint density at radius 3 is 2.90 bits per heavy atom. The molecule has 2 atom stereocenters. The minimum absolute atomic E-state index is 0.178. The van der Waals surface area contributed by atoms with E-state index >= 15 is 0 Å². The highest BCUT2D eigenvalue weighted by molar-refractivity contribution is 4.90. The Hall–Kier alpha value is -0.300. The molecule has 1 aliphatic carbocycles. The minimum Gasteiger partial charge on any atom is -0.389 e. The van der Waals surface area contributed by atoms with Crippen LogP contribution in [0.3, 0.4) is 0 Å². The Morgan fingerprint density at radius 2 is 2.10 bits per heavy atom. The van der Waals surface area contributed by atoms with Crippen molar-refractivity contribution in [3.8, 4) is 0 Å². The zero-order valence-electron chi connectivity index (χ0n) is 6.59. The average molecular weight is 140 g/mol. The first-order valence-electron chi connectivity index (χ1n) is 4.14. The van der Waals surface area contributed by atoms with Gasteiger partial charge >= 0.3 is 0 Å². The van der Waals surface area contributed by atoms with Crippen molar-refractivity contribution >= 4 is 0 Å². The van der Waals surface area contributed by atoms with E-state index < -0.39 is 0 Å². The molecule has 1 nitrogen and oxygen atoms in total. The van der Waals surface area contributed by atoms with Crippen LogP contribution in [0.15, 0.2) is 12.2 Å². The molecule has 0 radical (unpaired) electrons. The van der Waals surface area contributed by atoms with Crippen molar-refractivity contribution in [2.75, 3.05) is 0 Å². The molecule has 1 N–H and O–H groups in total. The summed E-state index contributed by atoms with van der Waals surface area (Å²) in [6.45, 7) is 2.26. The SMILES string of the molecule is C[C@@H]1CC/C=C\[C@@H](O)CC1. The van der Waals surface area contributed by atoms with E-state index in [1.807, 2.05) is 6.08 Å². The van der Waals surface area contributed by atoms with E-state index in [4.69, 9.17) is 0 Å². The number of allylic oxidation sites excluding steroid dienone is 1. The fraction of sp³-hybridized carbons (Fsp3) is 0.778. The molecule has 0 saturated carbocycles. The number of aliphatic hydroxyl groups is 1. The maximum atomic E-state index is 9.25. The van der Waals surface area contributed by atoms with Gasteiger partial charge in [-0.05, 0) is 31.6 Å². The highest BCUT2D eigenvalue weighted by Crippen LogP contribution is 2.17. The lowest BCUT2D eigenvalue weighted by molar-refractivity contribution is 0.197. The quantitative estimate of drug-likeness (QED) is 0.511. The average Bonchev–Trinajstić information content (AvgIpc) is 1.90. The van der Waals surface area contributed by atoms with Gasteiger partial charge in [0.25, 0.3) is 0 Å². The molecule has 1 heteroatoms. The standard InChI is InChI=1S/C9H16O/c1-8-4-2-3-5-9(10)7-6-8/h3,5,8-10H,2,4,6-7H2,1H3/b5-3-/t8-,9-/m1/s1. The summed E-state index contributed by atoms with van der Waals surface area (Å²) in [6.07, 6.45) is 8.37. The molecular weight excluding hydrogens is 124 g/mol. The van der Waals surface area contributed by atoms with E-state index in [1.165, 1.54) is 12.8 Å². The van der Waals surface area contributed by atoms with Gasteiger partial charge in [-0.2, -0.15) is 0 Å². The van der Waals surface area contributed by atoms with Crippen LogP contribution in [0.25, 0.3) is 0 Å². The summed E-state index contributed by atoms with van der Waals surface area (Å²) in [5, 5.41) is 9.25. The van der Waals surface area contributed by atoms with E-state index in [9.17, 15) is 5.11 Å². The molecule has 0 amide bonds. The van der Waals surface area contributed by atoms with Gasteiger partial charge in [-0.15, -0.1) is 0 Å². The van der Waals surface area contributed by atoms with Gasteiger partial charge in [0.2, 0.25) is 0 Å². The summed E-state index contributed by atoms with van der Waals surface area (Å²) in [7, 11) is 0. The number of rotatable bonds is 0. The van der Waals surface area contributed by atoms with Crippen molar-refractivity contribution < 1.29 is 5.11 Å². The molecule has 0 bridgehead atoms. The molecule has 0 fully saturated rings. The summed E-state index contributed by atoms with van der Waals surface area (Å²) in [4.78, 5) is 0. The first-order chi connectivity index (χ1) is 4.79. The third-order valence-electron chi connectivity index (χ3n) is 2.14. The smallest absolute Gasteiger partial charge is 0.0721 e. The molecule has 0 heterocycles. The Morgan fingerprint density at radius 1 is 1.30 bits per heavy atom. The highest BCUT2D eigenvalue weighted by Gasteiger charge is 2.07. The van der Waals surface area contributed by atoms with Gasteiger partial charge < -0.3 is 5.11 Å². The second-order valence-electron chi connectivity index (χ2n) is 3.26. The minimum atomic E-state index is -0.178. The van der Waals surface area contributed by atoms with Crippen molar-refractivity contribution in [2.45, 2.75) is 38.7 Å². The summed E-state index contributed by atoms with van der Waals surface area (Å²) in [5.41, 5.74) is 0. The second-order valence-corrected chi connectivity index (χ2v) is 3.26. The normalized spacial score (nSPS) is 38.2. The van der Waals surface area contributed by atoms with Gasteiger partial charge in [-0.1, -0.05) is 19.1 Å². The Kier molecular flexibility index (Phi) is 2.94. The monoisotopic (exact) mass is 140 g/mol. The Labute approximate surface area is 62.8 Å². The lowest BCUT2D eigenvalue weighted by Gasteiger charge is -2.14. The highest BCUT2D eigenvalue weighted by atomic mass is 16.3. The van der Waals surface area contributed by atoms with Crippen LogP contribution in [0.5, 0.6) is 0 Å². The molecule has 1 rings (SSSR count). The molecule has 1 aliphatic rings. The molecule has 0 unspecified atom stereocenters. The van der Waals surface area contributed by atoms with Crippen molar-refractivity contribution in [1.82, 2.24) is 0 Å². The van der Waals surface area contributed by atoms with Crippen LogP contribution in [0, 0.1) is 5.92 Å². The Balaban J connectivity index is 2.38. The zero-order valence-corrected chi connectivity index (χ0v) is 6.59. The van der Waals surface area contributed by atoms with Crippen LogP contribution < -0.4 is 0 Å². The maximum Gasteiger partial charge on any atom is 0.0721 e. The third-order valence-corrected chi connectivity index (χ3v) is 2.14. The van der Waals surface area contributed by atoms with Crippen LogP contribution in [-0.2, 0) is 0 Å². The zero-order chi connectivity index (χ0) is 7.40. The molecule has 0 aromatic rings. The summed E-state index contributed by atoms with van der Waals surface area (Å²) in [6, 6.07) is 0. The van der Waals surface area contributed by atoms with E-state index in [1.54, 1.807) is 0 Å². The van der Waals surface area contributed by atoms with Crippen LogP contribution in [0.2, 0.25) is 0 Å². The lowest BCUT2D eigenvalue weighted by Crippen LogP contribution is -2.07. The molecule has 58 valence electrons. The summed E-state index contributed by atoms with van der Waals surface area (Å²) < 4.78 is 0. The van der Waals surface area contributed by atoms with E-state index in [2.05, 4.69) is 13.0 Å². The molecule has 10 heavy (non-hydrogen) atoms. The first-order valence-corrected chi connectivity index (χ1v) is 4.14. The predicted octanol–water partition coefficient (Wildman–Crippen LogP) is 2.11. The summed E-state index contributed by atoms with van der Waals surface area (Å²) in [5.74, 6) is 0.791. The fourth-order valence-corrected chi connectivity index (χ4v) is 1.33. The van der Waals surface area contributed by atoms with Crippen molar-refractivity contribution in [3.63, 3.8) is 0 Å². The van der Waals surface area contributed by atoms with E-state index in [0.717, 1.165) is 18.8 Å². The van der Waals surface area contributed by atoms with Gasteiger partial charge in [0.1, 0.15) is 0 Å². The third kappa shape index (κ3) is 2.53. The van der Waals surface area contributed by atoms with Crippen LogP contribution >= 0.6 is 0 Å². The topological polar surface area (TPSA) is 20.2 Å². The van der Waals surface area contributed by atoms with Crippen molar-refractivity contribution in [3.05, 3.63) is 12.2 Å². The van der Waals surface area contributed by atoms with Crippen molar-refractivity contribution in [1.29, 1.82) is 0 Å². The molecule has 0 aliphatic heterocycles. The molecule has 0 saturated heterocycles. The van der Waals surface area contributed by atoms with Crippen molar-refractivity contribution in [2.24, 2.45) is 5.92 Å². The van der Waals surface area contributed by atoms with Crippen LogP contribution in [0.1, 0.15) is 32.6 Å². The first kappa shape index (κ1) is 7.80. The number of hydrogen-bond donors (Lipinski definition) is 1. The van der Waals surface area contributed by atoms with Crippen LogP contribution in [-0.4, -0.2) is 11.2 Å². The predicted molar refractivity (Wildman–Crippen MR) is 42.8 cm³/mol. The second kappa shape index (κ2) is 3.77. The van der Waals surface area contributed by atoms with Gasteiger partial charge in [0.15, 0.2) is 0 Å². The van der Waals surface area contributed by atoms with Gasteiger partial charge in [0, 0.05) is 0 Å². The molecule has 0 spiro atoms. The van der Waals surface area contributed by atoms with E-state index in [-0.39, 0.29) is 6.10 Å². The van der Waals surface area contributed by atoms with Gasteiger partial charge in [0.05, 0.1) is 6.10 Å². The van der Waals surface area contributed by atoms with Crippen LogP contribution in [0.4, 0.5) is 0 Å². The Bertz CT molecular complexity index is 118. The maximum absolute atomic E-state index is 9.25. The number of aliphatic hydroxyl groups excluding tert-OH is 1. The molecular formula is C9H16O. The molecule has 0 aromatic carbocycles. The van der Waals surface area contributed by atoms with E-state index in [0.29, 0.717) is 0 Å². The van der Waals surface area contributed by atoms with Gasteiger partial charge in [-0.3, -0.25) is 0 Å². The summed E-state index contributed by atoms with van der Waals surface area (Å²) >= 11 is 0. The fourth-order valence-electron chi connectivity index (χ4n) is 1.33. The largest absolute Gasteiger partial charge is 0.389 e. The van der Waals surface area contributed by atoms with Gasteiger partial charge in [-0.25, -0.2) is 0 Å². The lowest BCUT2D eigenvalue weighted by atomic mass is 9.95.